The van der Waals surface area contributed by atoms with E-state index in [4.69, 9.17) is 16.6 Å². The minimum Gasteiger partial charge on any atom is -0.323 e. The number of anilines is 1. The number of benzodiazepines with no additional fused rings is 1. The molecule has 3 aromatic rings. The van der Waals surface area contributed by atoms with Crippen molar-refractivity contribution in [1.82, 2.24) is 5.32 Å². The zero-order valence-electron chi connectivity index (χ0n) is 16.3. The van der Waals surface area contributed by atoms with Crippen molar-refractivity contribution in [3.05, 3.63) is 106 Å². The molecule has 0 aromatic heterocycles. The molecule has 0 atom stereocenters. The van der Waals surface area contributed by atoms with E-state index in [1.807, 2.05) is 80.8 Å². The maximum atomic E-state index is 12.7. The van der Waals surface area contributed by atoms with Crippen LogP contribution in [0.3, 0.4) is 0 Å². The van der Waals surface area contributed by atoms with Gasteiger partial charge in [-0.2, -0.15) is 0 Å². The molecule has 1 heterocycles. The summed E-state index contributed by atoms with van der Waals surface area (Å²) >= 11 is 6.20. The third-order valence-electron chi connectivity index (χ3n) is 4.10. The van der Waals surface area contributed by atoms with Gasteiger partial charge >= 0.3 is 0 Å². The third-order valence-corrected chi connectivity index (χ3v) is 4.34. The van der Waals surface area contributed by atoms with Crippen LogP contribution in [-0.4, -0.2) is 25.7 Å². The number of nitrogens with zero attached hydrogens (tertiary/aromatic N) is 1. The number of benzene rings is 3. The van der Waals surface area contributed by atoms with Crippen molar-refractivity contribution in [2.45, 2.75) is 0 Å². The van der Waals surface area contributed by atoms with E-state index in [0.717, 1.165) is 16.7 Å². The summed E-state index contributed by atoms with van der Waals surface area (Å²) in [6.07, 6.45) is 1.78. The Bertz CT molecular complexity index is 1040. The number of rotatable bonds is 2. The summed E-state index contributed by atoms with van der Waals surface area (Å²) in [6.45, 7) is 0. The third kappa shape index (κ3) is 5.19. The Balaban J connectivity index is 0.000000755. The lowest BCUT2D eigenvalue weighted by atomic mass is 10.0. The SMILES string of the molecule is CNC.O=C1Nc2ccc(Cl)cc2C(c2ccccc2)=NC1=Cc1ccccc1. The van der Waals surface area contributed by atoms with Crippen molar-refractivity contribution < 1.29 is 4.79 Å². The zero-order valence-corrected chi connectivity index (χ0v) is 17.1. The van der Waals surface area contributed by atoms with Gasteiger partial charge in [0, 0.05) is 16.1 Å². The van der Waals surface area contributed by atoms with Crippen LogP contribution < -0.4 is 10.6 Å². The summed E-state index contributed by atoms with van der Waals surface area (Å²) in [4.78, 5) is 17.4. The van der Waals surface area contributed by atoms with E-state index in [-0.39, 0.29) is 5.91 Å². The number of carbonyl (C=O) groups excluding carboxylic acids is 1. The zero-order chi connectivity index (χ0) is 20.6. The first-order chi connectivity index (χ1) is 14.1. The summed E-state index contributed by atoms with van der Waals surface area (Å²) in [5.41, 5.74) is 4.39. The van der Waals surface area contributed by atoms with Gasteiger partial charge in [0.2, 0.25) is 0 Å². The van der Waals surface area contributed by atoms with E-state index in [9.17, 15) is 4.79 Å². The second-order valence-electron chi connectivity index (χ2n) is 6.41. The standard InChI is InChI=1S/C22H15ClN2O.C2H7N/c23-17-11-12-19-18(14-17)21(16-9-5-2-6-10-16)24-20(22(26)25-19)13-15-7-3-1-4-8-15;1-3-2/h1-14H,(H,25,26);3H,1-2H3. The van der Waals surface area contributed by atoms with E-state index in [2.05, 4.69) is 10.6 Å². The molecular formula is C24H22ClN3O. The van der Waals surface area contributed by atoms with Gasteiger partial charge in [0.05, 0.1) is 11.4 Å². The van der Waals surface area contributed by atoms with Crippen LogP contribution in [0, 0.1) is 0 Å². The molecule has 0 saturated heterocycles. The number of hydrogen-bond donors (Lipinski definition) is 2. The number of amides is 1. The first-order valence-corrected chi connectivity index (χ1v) is 9.61. The number of aliphatic imine (C=N–C) groups is 1. The summed E-state index contributed by atoms with van der Waals surface area (Å²) in [7, 11) is 3.75. The van der Waals surface area contributed by atoms with Crippen molar-refractivity contribution in [3.63, 3.8) is 0 Å². The van der Waals surface area contributed by atoms with Crippen molar-refractivity contribution in [2.24, 2.45) is 4.99 Å². The van der Waals surface area contributed by atoms with Gasteiger partial charge < -0.3 is 10.6 Å². The van der Waals surface area contributed by atoms with Crippen molar-refractivity contribution in [1.29, 1.82) is 0 Å². The molecule has 1 aliphatic heterocycles. The highest BCUT2D eigenvalue weighted by atomic mass is 35.5. The Morgan fingerprint density at radius 1 is 0.931 bits per heavy atom. The van der Waals surface area contributed by atoms with Crippen LogP contribution in [0.5, 0.6) is 0 Å². The maximum Gasteiger partial charge on any atom is 0.274 e. The van der Waals surface area contributed by atoms with E-state index in [0.29, 0.717) is 22.1 Å². The molecule has 0 spiro atoms. The highest BCUT2D eigenvalue weighted by Crippen LogP contribution is 2.28. The fourth-order valence-electron chi connectivity index (χ4n) is 2.86. The van der Waals surface area contributed by atoms with Gasteiger partial charge in [-0.25, -0.2) is 4.99 Å². The van der Waals surface area contributed by atoms with Crippen molar-refractivity contribution >= 4 is 35.0 Å². The van der Waals surface area contributed by atoms with Crippen LogP contribution in [0.1, 0.15) is 16.7 Å². The van der Waals surface area contributed by atoms with Crippen LogP contribution in [0.4, 0.5) is 5.69 Å². The average Bonchev–Trinajstić information content (AvgIpc) is 2.87. The van der Waals surface area contributed by atoms with Crippen LogP contribution in [0.25, 0.3) is 6.08 Å². The predicted octanol–water partition coefficient (Wildman–Crippen LogP) is 5.01. The molecule has 0 aliphatic carbocycles. The molecule has 29 heavy (non-hydrogen) atoms. The van der Waals surface area contributed by atoms with E-state index >= 15 is 0 Å². The summed E-state index contributed by atoms with van der Waals surface area (Å²) in [5, 5.41) is 6.28. The van der Waals surface area contributed by atoms with Crippen molar-refractivity contribution in [3.8, 4) is 0 Å². The number of hydrogen-bond acceptors (Lipinski definition) is 3. The van der Waals surface area contributed by atoms with Gasteiger partial charge in [-0.15, -0.1) is 0 Å². The highest BCUT2D eigenvalue weighted by Gasteiger charge is 2.21. The number of halogens is 1. The van der Waals surface area contributed by atoms with Crippen LogP contribution in [0.2, 0.25) is 5.02 Å². The molecule has 4 rings (SSSR count). The molecular weight excluding hydrogens is 382 g/mol. The molecule has 0 unspecified atom stereocenters. The van der Waals surface area contributed by atoms with E-state index < -0.39 is 0 Å². The van der Waals surface area contributed by atoms with Gasteiger partial charge in [-0.05, 0) is 43.9 Å². The lowest BCUT2D eigenvalue weighted by Crippen LogP contribution is -2.12. The molecule has 3 aromatic carbocycles. The minimum atomic E-state index is -0.247. The Kier molecular flexibility index (Phi) is 6.95. The fraction of sp³-hybridized carbons (Fsp3) is 0.0833. The quantitative estimate of drug-likeness (QED) is 0.591. The van der Waals surface area contributed by atoms with E-state index in [1.165, 1.54) is 0 Å². The Morgan fingerprint density at radius 3 is 2.21 bits per heavy atom. The molecule has 1 aliphatic rings. The second kappa shape index (κ2) is 9.82. The van der Waals surface area contributed by atoms with Crippen LogP contribution in [0.15, 0.2) is 89.6 Å². The molecule has 4 nitrogen and oxygen atoms in total. The smallest absolute Gasteiger partial charge is 0.274 e. The van der Waals surface area contributed by atoms with Gasteiger partial charge in [-0.1, -0.05) is 72.3 Å². The summed E-state index contributed by atoms with van der Waals surface area (Å²) in [6, 6.07) is 24.8. The Morgan fingerprint density at radius 2 is 1.55 bits per heavy atom. The van der Waals surface area contributed by atoms with Gasteiger partial charge in [-0.3, -0.25) is 4.79 Å². The summed E-state index contributed by atoms with van der Waals surface area (Å²) < 4.78 is 0. The molecule has 146 valence electrons. The lowest BCUT2D eigenvalue weighted by molar-refractivity contribution is -0.112. The first-order valence-electron chi connectivity index (χ1n) is 9.23. The number of carbonyl (C=O) groups is 1. The van der Waals surface area contributed by atoms with Crippen molar-refractivity contribution in [2.75, 3.05) is 19.4 Å². The normalized spacial score (nSPS) is 14.1. The minimum absolute atomic E-state index is 0.247. The molecule has 5 heteroatoms. The number of nitrogens with one attached hydrogen (secondary N) is 2. The fourth-order valence-corrected chi connectivity index (χ4v) is 3.03. The molecule has 2 N–H and O–H groups in total. The molecule has 0 radical (unpaired) electrons. The molecule has 0 saturated carbocycles. The van der Waals surface area contributed by atoms with Gasteiger partial charge in [0.15, 0.2) is 0 Å². The largest absolute Gasteiger partial charge is 0.323 e. The van der Waals surface area contributed by atoms with Crippen LogP contribution in [-0.2, 0) is 4.79 Å². The molecule has 1 amide bonds. The van der Waals surface area contributed by atoms with E-state index in [1.54, 1.807) is 18.2 Å². The predicted molar refractivity (Wildman–Crippen MR) is 122 cm³/mol. The summed E-state index contributed by atoms with van der Waals surface area (Å²) in [5.74, 6) is -0.247. The monoisotopic (exact) mass is 403 g/mol. The number of fused-ring (bicyclic) bond motifs is 1. The molecule has 0 fully saturated rings. The average molecular weight is 404 g/mol. The van der Waals surface area contributed by atoms with Gasteiger partial charge in [0.25, 0.3) is 5.91 Å². The topological polar surface area (TPSA) is 53.5 Å². The molecule has 0 bridgehead atoms. The van der Waals surface area contributed by atoms with Gasteiger partial charge in [0.1, 0.15) is 5.70 Å². The highest BCUT2D eigenvalue weighted by molar-refractivity contribution is 6.32. The first kappa shape index (κ1) is 20.5. The Hall–Kier alpha value is -3.21. The lowest BCUT2D eigenvalue weighted by Gasteiger charge is -2.10. The van der Waals surface area contributed by atoms with Crippen LogP contribution >= 0.6 is 11.6 Å². The Labute approximate surface area is 176 Å². The maximum absolute atomic E-state index is 12.7. The second-order valence-corrected chi connectivity index (χ2v) is 6.85.